The molecule has 2 amide bonds. The second kappa shape index (κ2) is 10.9. The molecule has 2 rings (SSSR count). The van der Waals surface area contributed by atoms with Gasteiger partial charge in [0.15, 0.2) is 6.61 Å². The quantitative estimate of drug-likeness (QED) is 0.568. The number of nitrogens with one attached hydrogen (secondary N) is 1. The molecule has 0 saturated carbocycles. The summed E-state index contributed by atoms with van der Waals surface area (Å²) in [6.07, 6.45) is 0.474. The maximum Gasteiger partial charge on any atom is 0.261 e. The van der Waals surface area contributed by atoms with Crippen molar-refractivity contribution < 1.29 is 14.3 Å². The van der Waals surface area contributed by atoms with E-state index in [9.17, 15) is 9.59 Å². The summed E-state index contributed by atoms with van der Waals surface area (Å²) in [4.78, 5) is 27.7. The Morgan fingerprint density at radius 3 is 2.29 bits per heavy atom. The summed E-state index contributed by atoms with van der Waals surface area (Å²) in [6, 6.07) is 11.8. The molecule has 0 bridgehead atoms. The minimum absolute atomic E-state index is 0.187. The van der Waals surface area contributed by atoms with Crippen molar-refractivity contribution >= 4 is 35.0 Å². The smallest absolute Gasteiger partial charge is 0.261 e. The molecule has 31 heavy (non-hydrogen) atoms. The second-order valence-electron chi connectivity index (χ2n) is 8.51. The summed E-state index contributed by atoms with van der Waals surface area (Å²) in [5.41, 5.74) is 1.33. The fourth-order valence-electron chi connectivity index (χ4n) is 3.09. The minimum Gasteiger partial charge on any atom is -0.484 e. The summed E-state index contributed by atoms with van der Waals surface area (Å²) in [5.74, 6) is 0.0759. The van der Waals surface area contributed by atoms with Gasteiger partial charge in [0.2, 0.25) is 5.91 Å². The predicted molar refractivity (Wildman–Crippen MR) is 126 cm³/mol. The molecule has 1 N–H and O–H groups in total. The summed E-state index contributed by atoms with van der Waals surface area (Å²) < 4.78 is 5.71. The highest BCUT2D eigenvalue weighted by molar-refractivity contribution is 6.31. The van der Waals surface area contributed by atoms with Crippen LogP contribution in [-0.4, -0.2) is 34.9 Å². The molecule has 0 aliphatic rings. The van der Waals surface area contributed by atoms with Crippen LogP contribution in [0.3, 0.4) is 0 Å². The van der Waals surface area contributed by atoms with Gasteiger partial charge in [0, 0.05) is 22.1 Å². The first-order chi connectivity index (χ1) is 14.5. The summed E-state index contributed by atoms with van der Waals surface area (Å²) in [6.45, 7) is 9.58. The Kier molecular flexibility index (Phi) is 8.78. The Labute approximate surface area is 194 Å². The maximum atomic E-state index is 13.2. The third-order valence-electron chi connectivity index (χ3n) is 4.64. The number of rotatable bonds is 8. The van der Waals surface area contributed by atoms with Gasteiger partial charge in [-0.05, 0) is 75.6 Å². The van der Waals surface area contributed by atoms with Crippen LogP contribution in [0.4, 0.5) is 0 Å². The first-order valence-corrected chi connectivity index (χ1v) is 11.0. The molecule has 5 nitrogen and oxygen atoms in total. The van der Waals surface area contributed by atoms with Crippen molar-refractivity contribution in [1.29, 1.82) is 0 Å². The van der Waals surface area contributed by atoms with Crippen molar-refractivity contribution in [2.45, 2.75) is 59.2 Å². The molecule has 0 fully saturated rings. The lowest BCUT2D eigenvalue weighted by molar-refractivity contribution is -0.143. The van der Waals surface area contributed by atoms with E-state index in [1.165, 1.54) is 0 Å². The third-order valence-corrected chi connectivity index (χ3v) is 5.32. The Balaban J connectivity index is 2.23. The fourth-order valence-corrected chi connectivity index (χ4v) is 3.34. The van der Waals surface area contributed by atoms with Gasteiger partial charge in [-0.3, -0.25) is 9.59 Å². The monoisotopic (exact) mass is 464 g/mol. The van der Waals surface area contributed by atoms with Crippen LogP contribution in [-0.2, 0) is 16.1 Å². The van der Waals surface area contributed by atoms with Crippen LogP contribution >= 0.6 is 23.2 Å². The first kappa shape index (κ1) is 25.0. The number of carbonyl (C=O) groups is 2. The lowest BCUT2D eigenvalue weighted by atomic mass is 10.1. The largest absolute Gasteiger partial charge is 0.484 e. The van der Waals surface area contributed by atoms with Gasteiger partial charge in [-0.15, -0.1) is 0 Å². The van der Waals surface area contributed by atoms with E-state index >= 15 is 0 Å². The zero-order valence-corrected chi connectivity index (χ0v) is 20.2. The topological polar surface area (TPSA) is 58.6 Å². The number of hydrogen-bond acceptors (Lipinski definition) is 3. The van der Waals surface area contributed by atoms with Crippen LogP contribution in [0.25, 0.3) is 0 Å². The average molecular weight is 465 g/mol. The van der Waals surface area contributed by atoms with Gasteiger partial charge >= 0.3 is 0 Å². The molecule has 0 radical (unpaired) electrons. The molecule has 0 aromatic heterocycles. The van der Waals surface area contributed by atoms with Gasteiger partial charge < -0.3 is 15.0 Å². The van der Waals surface area contributed by atoms with E-state index in [1.54, 1.807) is 35.2 Å². The number of carbonyl (C=O) groups excluding carboxylic acids is 2. The minimum atomic E-state index is -0.627. The maximum absolute atomic E-state index is 13.2. The number of halogens is 2. The van der Waals surface area contributed by atoms with Gasteiger partial charge in [0.1, 0.15) is 11.8 Å². The highest BCUT2D eigenvalue weighted by Gasteiger charge is 2.30. The van der Waals surface area contributed by atoms with Gasteiger partial charge in [-0.2, -0.15) is 0 Å². The van der Waals surface area contributed by atoms with E-state index in [-0.39, 0.29) is 25.0 Å². The number of benzene rings is 2. The van der Waals surface area contributed by atoms with Crippen LogP contribution in [0.15, 0.2) is 42.5 Å². The Morgan fingerprint density at radius 2 is 1.74 bits per heavy atom. The first-order valence-electron chi connectivity index (χ1n) is 10.2. The molecular formula is C24H30Cl2N2O3. The van der Waals surface area contributed by atoms with Gasteiger partial charge in [0.25, 0.3) is 5.91 Å². The summed E-state index contributed by atoms with van der Waals surface area (Å²) >= 11 is 12.0. The summed E-state index contributed by atoms with van der Waals surface area (Å²) in [7, 11) is 0. The fraction of sp³-hybridized carbons (Fsp3) is 0.417. The zero-order chi connectivity index (χ0) is 23.2. The van der Waals surface area contributed by atoms with Crippen LogP contribution in [0.1, 0.15) is 45.2 Å². The molecule has 1 atom stereocenters. The van der Waals surface area contributed by atoms with Crippen molar-refractivity contribution in [3.63, 3.8) is 0 Å². The molecule has 168 valence electrons. The van der Waals surface area contributed by atoms with Crippen molar-refractivity contribution in [3.05, 3.63) is 63.6 Å². The van der Waals surface area contributed by atoms with Crippen molar-refractivity contribution in [2.75, 3.05) is 6.61 Å². The lowest BCUT2D eigenvalue weighted by Crippen LogP contribution is -2.54. The number of aryl methyl sites for hydroxylation is 1. The molecular weight excluding hydrogens is 435 g/mol. The normalized spacial score (nSPS) is 12.2. The molecule has 2 aromatic rings. The molecule has 0 heterocycles. The Morgan fingerprint density at radius 1 is 1.10 bits per heavy atom. The van der Waals surface area contributed by atoms with E-state index in [0.29, 0.717) is 22.2 Å². The number of hydrogen-bond donors (Lipinski definition) is 1. The van der Waals surface area contributed by atoms with Crippen molar-refractivity contribution in [3.8, 4) is 5.75 Å². The van der Waals surface area contributed by atoms with E-state index in [4.69, 9.17) is 27.9 Å². The van der Waals surface area contributed by atoms with Gasteiger partial charge in [0.05, 0.1) is 0 Å². The molecule has 0 aliphatic carbocycles. The highest BCUT2D eigenvalue weighted by Crippen LogP contribution is 2.22. The van der Waals surface area contributed by atoms with Crippen LogP contribution in [0.5, 0.6) is 5.75 Å². The Hall–Kier alpha value is -2.24. The molecule has 7 heteroatoms. The second-order valence-corrected chi connectivity index (χ2v) is 9.35. The third kappa shape index (κ3) is 7.75. The predicted octanol–water partition coefficient (Wildman–Crippen LogP) is 5.40. The number of nitrogens with zero attached hydrogens (tertiary/aromatic N) is 1. The standard InChI is InChI=1S/C24H30Cl2N2O3/c1-6-21(23(30)27-24(3,4)5)28(14-17-7-9-18(25)10-8-17)22(29)15-31-19-11-12-20(26)16(2)13-19/h7-13,21H,6,14-15H2,1-5H3,(H,27,30)/t21-/m0/s1. The van der Waals surface area contributed by atoms with Crippen LogP contribution < -0.4 is 10.1 Å². The van der Waals surface area contributed by atoms with Crippen LogP contribution in [0.2, 0.25) is 10.0 Å². The molecule has 0 unspecified atom stereocenters. The lowest BCUT2D eigenvalue weighted by Gasteiger charge is -2.33. The van der Waals surface area contributed by atoms with E-state index < -0.39 is 11.6 Å². The van der Waals surface area contributed by atoms with E-state index in [2.05, 4.69) is 5.32 Å². The van der Waals surface area contributed by atoms with Crippen LogP contribution in [0, 0.1) is 6.92 Å². The molecule has 0 aliphatic heterocycles. The molecule has 2 aromatic carbocycles. The number of amides is 2. The van der Waals surface area contributed by atoms with Crippen molar-refractivity contribution in [2.24, 2.45) is 0 Å². The molecule has 0 spiro atoms. The van der Waals surface area contributed by atoms with E-state index in [1.807, 2.05) is 46.8 Å². The van der Waals surface area contributed by atoms with E-state index in [0.717, 1.165) is 11.1 Å². The highest BCUT2D eigenvalue weighted by atomic mass is 35.5. The Bertz CT molecular complexity index is 908. The molecule has 0 saturated heterocycles. The SMILES string of the molecule is CC[C@@H](C(=O)NC(C)(C)C)N(Cc1ccc(Cl)cc1)C(=O)COc1ccc(Cl)c(C)c1. The number of ether oxygens (including phenoxy) is 1. The van der Waals surface area contributed by atoms with Gasteiger partial charge in [-0.1, -0.05) is 42.3 Å². The average Bonchev–Trinajstić information content (AvgIpc) is 2.68. The summed E-state index contributed by atoms with van der Waals surface area (Å²) in [5, 5.41) is 4.22. The van der Waals surface area contributed by atoms with Gasteiger partial charge in [-0.25, -0.2) is 0 Å². The van der Waals surface area contributed by atoms with Crippen molar-refractivity contribution in [1.82, 2.24) is 10.2 Å². The zero-order valence-electron chi connectivity index (χ0n) is 18.7.